The smallest absolute Gasteiger partial charge is 0.163 e. The highest BCUT2D eigenvalue weighted by atomic mass is 79.9. The Morgan fingerprint density at radius 2 is 2.18 bits per heavy atom. The van der Waals surface area contributed by atoms with Gasteiger partial charge < -0.3 is 0 Å². The fraction of sp³-hybridized carbons (Fsp3) is 0.538. The molecule has 17 heavy (non-hydrogen) atoms. The number of hydrogen-bond acceptors (Lipinski definition) is 1. The van der Waals surface area contributed by atoms with Crippen molar-refractivity contribution in [3.63, 3.8) is 0 Å². The highest BCUT2D eigenvalue weighted by Crippen LogP contribution is 2.21. The van der Waals surface area contributed by atoms with Crippen molar-refractivity contribution >= 4 is 15.9 Å². The summed E-state index contributed by atoms with van der Waals surface area (Å²) < 4.78 is 26.6. The first kappa shape index (κ1) is 13.0. The van der Waals surface area contributed by atoms with Crippen molar-refractivity contribution < 1.29 is 8.78 Å². The first-order valence-corrected chi connectivity index (χ1v) is 7.04. The zero-order chi connectivity index (χ0) is 12.3. The van der Waals surface area contributed by atoms with Crippen LogP contribution in [0.5, 0.6) is 0 Å². The molecule has 4 heteroatoms. The van der Waals surface area contributed by atoms with Gasteiger partial charge in [-0.2, -0.15) is 0 Å². The van der Waals surface area contributed by atoms with E-state index in [4.69, 9.17) is 0 Å². The van der Waals surface area contributed by atoms with E-state index < -0.39 is 11.6 Å². The van der Waals surface area contributed by atoms with Crippen molar-refractivity contribution in [2.45, 2.75) is 19.4 Å². The molecule has 0 aromatic heterocycles. The van der Waals surface area contributed by atoms with Crippen LogP contribution >= 0.6 is 15.9 Å². The standard InChI is InChI=1S/C13H16BrF2N/c14-7-10-3-2-6-17(8-10)9-11-4-1-5-12(15)13(11)16/h1,4-5,10H,2-3,6-9H2. The van der Waals surface area contributed by atoms with Gasteiger partial charge in [0.15, 0.2) is 11.6 Å². The molecule has 1 saturated heterocycles. The number of rotatable bonds is 3. The number of nitrogens with zero attached hydrogens (tertiary/aromatic N) is 1. The van der Waals surface area contributed by atoms with Gasteiger partial charge >= 0.3 is 0 Å². The fourth-order valence-corrected chi connectivity index (χ4v) is 2.86. The maximum absolute atomic E-state index is 13.5. The maximum atomic E-state index is 13.5. The number of alkyl halides is 1. The molecule has 0 aliphatic carbocycles. The first-order chi connectivity index (χ1) is 8.20. The lowest BCUT2D eigenvalue weighted by Gasteiger charge is -2.31. The minimum Gasteiger partial charge on any atom is -0.299 e. The van der Waals surface area contributed by atoms with Gasteiger partial charge in [0.05, 0.1) is 0 Å². The predicted molar refractivity (Wildman–Crippen MR) is 68.2 cm³/mol. The third-order valence-electron chi connectivity index (χ3n) is 3.25. The van der Waals surface area contributed by atoms with Crippen LogP contribution in [0.25, 0.3) is 0 Å². The Morgan fingerprint density at radius 1 is 1.35 bits per heavy atom. The van der Waals surface area contributed by atoms with Crippen LogP contribution in [0.3, 0.4) is 0 Å². The van der Waals surface area contributed by atoms with E-state index in [9.17, 15) is 8.78 Å². The second-order valence-electron chi connectivity index (χ2n) is 4.61. The summed E-state index contributed by atoms with van der Waals surface area (Å²) in [6.07, 6.45) is 2.35. The molecule has 0 spiro atoms. The Bertz CT molecular complexity index is 384. The monoisotopic (exact) mass is 303 g/mol. The Morgan fingerprint density at radius 3 is 2.94 bits per heavy atom. The van der Waals surface area contributed by atoms with Crippen LogP contribution < -0.4 is 0 Å². The van der Waals surface area contributed by atoms with Gasteiger partial charge in [0, 0.05) is 24.0 Å². The summed E-state index contributed by atoms with van der Waals surface area (Å²) in [5.41, 5.74) is 0.459. The molecular weight excluding hydrogens is 288 g/mol. The van der Waals surface area contributed by atoms with Crippen molar-refractivity contribution in [2.75, 3.05) is 18.4 Å². The van der Waals surface area contributed by atoms with Gasteiger partial charge in [0.2, 0.25) is 0 Å². The molecule has 1 unspecified atom stereocenters. The molecule has 1 aliphatic rings. The molecule has 1 aromatic rings. The first-order valence-electron chi connectivity index (χ1n) is 5.92. The van der Waals surface area contributed by atoms with E-state index in [1.165, 1.54) is 6.42 Å². The molecule has 1 aromatic carbocycles. The molecule has 0 radical (unpaired) electrons. The number of piperidine rings is 1. The minimum atomic E-state index is -0.753. The van der Waals surface area contributed by atoms with Crippen LogP contribution in [0, 0.1) is 17.6 Å². The van der Waals surface area contributed by atoms with Crippen LogP contribution in [0.15, 0.2) is 18.2 Å². The summed E-state index contributed by atoms with van der Waals surface area (Å²) in [7, 11) is 0. The molecule has 2 rings (SSSR count). The third kappa shape index (κ3) is 3.26. The van der Waals surface area contributed by atoms with E-state index >= 15 is 0 Å². The summed E-state index contributed by atoms with van der Waals surface area (Å²) >= 11 is 3.49. The number of hydrogen-bond donors (Lipinski definition) is 0. The lowest BCUT2D eigenvalue weighted by Crippen LogP contribution is -2.35. The highest BCUT2D eigenvalue weighted by molar-refractivity contribution is 9.09. The Hall–Kier alpha value is -0.480. The summed E-state index contributed by atoms with van der Waals surface area (Å²) in [5.74, 6) is -0.828. The third-order valence-corrected chi connectivity index (χ3v) is 4.16. The van der Waals surface area contributed by atoms with Gasteiger partial charge in [-0.1, -0.05) is 28.1 Å². The molecule has 1 nitrogen and oxygen atoms in total. The van der Waals surface area contributed by atoms with Crippen molar-refractivity contribution in [1.29, 1.82) is 0 Å². The molecule has 1 aliphatic heterocycles. The van der Waals surface area contributed by atoms with E-state index in [2.05, 4.69) is 20.8 Å². The van der Waals surface area contributed by atoms with Crippen LogP contribution in [0.1, 0.15) is 18.4 Å². The molecule has 1 fully saturated rings. The van der Waals surface area contributed by atoms with E-state index in [0.29, 0.717) is 18.0 Å². The van der Waals surface area contributed by atoms with Crippen LogP contribution in [0.2, 0.25) is 0 Å². The number of halogens is 3. The average molecular weight is 304 g/mol. The second-order valence-corrected chi connectivity index (χ2v) is 5.26. The topological polar surface area (TPSA) is 3.24 Å². The molecule has 0 bridgehead atoms. The molecule has 0 saturated carbocycles. The molecule has 1 heterocycles. The Labute approximate surface area is 109 Å². The van der Waals surface area contributed by atoms with Gasteiger partial charge in [-0.15, -0.1) is 0 Å². The quantitative estimate of drug-likeness (QED) is 0.772. The van der Waals surface area contributed by atoms with E-state index in [1.807, 2.05) is 0 Å². The predicted octanol–water partition coefficient (Wildman–Crippen LogP) is 3.57. The lowest BCUT2D eigenvalue weighted by molar-refractivity contribution is 0.177. The number of likely N-dealkylation sites (tertiary alicyclic amines) is 1. The zero-order valence-corrected chi connectivity index (χ0v) is 11.2. The summed E-state index contributed by atoms with van der Waals surface area (Å²) in [6, 6.07) is 4.39. The highest BCUT2D eigenvalue weighted by Gasteiger charge is 2.20. The van der Waals surface area contributed by atoms with Crippen LogP contribution in [0.4, 0.5) is 8.78 Å². The Balaban J connectivity index is 2.02. The van der Waals surface area contributed by atoms with Gasteiger partial charge in [-0.3, -0.25) is 4.90 Å². The second kappa shape index (κ2) is 5.91. The summed E-state index contributed by atoms with van der Waals surface area (Å²) in [6.45, 7) is 2.44. The van der Waals surface area contributed by atoms with E-state index in [-0.39, 0.29) is 0 Å². The van der Waals surface area contributed by atoms with E-state index in [0.717, 1.165) is 30.9 Å². The summed E-state index contributed by atoms with van der Waals surface area (Å²) in [4.78, 5) is 2.20. The SMILES string of the molecule is Fc1cccc(CN2CCCC(CBr)C2)c1F. The van der Waals surface area contributed by atoms with Crippen molar-refractivity contribution in [3.05, 3.63) is 35.4 Å². The average Bonchev–Trinajstić information content (AvgIpc) is 2.35. The van der Waals surface area contributed by atoms with Gasteiger partial charge in [0.25, 0.3) is 0 Å². The zero-order valence-electron chi connectivity index (χ0n) is 9.63. The molecular formula is C13H16BrF2N. The normalized spacial score (nSPS) is 21.7. The minimum absolute atomic E-state index is 0.459. The summed E-state index contributed by atoms with van der Waals surface area (Å²) in [5, 5.41) is 0.981. The molecule has 0 N–H and O–H groups in total. The molecule has 1 atom stereocenters. The molecule has 94 valence electrons. The largest absolute Gasteiger partial charge is 0.299 e. The Kier molecular flexibility index (Phi) is 4.51. The number of benzene rings is 1. The van der Waals surface area contributed by atoms with Gasteiger partial charge in [-0.25, -0.2) is 8.78 Å². The van der Waals surface area contributed by atoms with Crippen molar-refractivity contribution in [3.8, 4) is 0 Å². The van der Waals surface area contributed by atoms with Crippen molar-refractivity contribution in [1.82, 2.24) is 4.90 Å². The van der Waals surface area contributed by atoms with E-state index in [1.54, 1.807) is 12.1 Å². The van der Waals surface area contributed by atoms with Crippen LogP contribution in [-0.2, 0) is 6.54 Å². The maximum Gasteiger partial charge on any atom is 0.163 e. The lowest BCUT2D eigenvalue weighted by atomic mass is 9.99. The van der Waals surface area contributed by atoms with Crippen LogP contribution in [-0.4, -0.2) is 23.3 Å². The fourth-order valence-electron chi connectivity index (χ4n) is 2.33. The molecule has 0 amide bonds. The van der Waals surface area contributed by atoms with Gasteiger partial charge in [0.1, 0.15) is 0 Å². The van der Waals surface area contributed by atoms with Crippen molar-refractivity contribution in [2.24, 2.45) is 5.92 Å². The van der Waals surface area contributed by atoms with Gasteiger partial charge in [-0.05, 0) is 31.4 Å².